The standard InChI is InChI=1S/C33H53N7O3.C29H45N7O3/c1-7-8-11-28-36-30-31(26-24-25(12-13-27(26)35-32(30)34)39-19-17-38(6)18-20-39)40(28)16-10-9-15-37(5)21-23-42-22-14-29(41)43-33(2,3)4;1-4-5-8-25-32-27-28(36(25)13-7-6-12-33(2)18-20-39-19-11-26(37)38)23-21-22(9-10-24(23)31-29(27)30)35-16-14-34(3)15-17-35/h12-13,24H,7-11,14-23H2,1-6H3,(H2,34,35);9-10,21H,4-8,11-20H2,1-3H3,(H2,30,31)(H,37,38). The summed E-state index contributed by atoms with van der Waals surface area (Å²) >= 11 is 0. The Labute approximate surface area is 487 Å². The number of pyridine rings is 2. The van der Waals surface area contributed by atoms with Gasteiger partial charge in [-0.1, -0.05) is 26.7 Å². The molecule has 0 saturated carbocycles. The van der Waals surface area contributed by atoms with Crippen molar-refractivity contribution < 1.29 is 28.9 Å². The van der Waals surface area contributed by atoms with Crippen LogP contribution in [0.25, 0.3) is 43.9 Å². The second-order valence-electron chi connectivity index (χ2n) is 23.7. The molecule has 0 radical (unpaired) electrons. The average Bonchev–Trinajstić information content (AvgIpc) is 2.49. The molecule has 0 unspecified atom stereocenters. The Morgan fingerprint density at radius 3 is 1.41 bits per heavy atom. The Kier molecular flexibility index (Phi) is 24.2. The van der Waals surface area contributed by atoms with Gasteiger partial charge in [0, 0.05) is 114 Å². The summed E-state index contributed by atoms with van der Waals surface area (Å²) < 4.78 is 21.3. The summed E-state index contributed by atoms with van der Waals surface area (Å²) in [6.07, 6.45) is 10.8. The SMILES string of the molecule is CCCCc1nc2c(N)nc3ccc(N4CCN(C)CC4)cc3c2n1CCCCN(C)CCOCCC(=O)O.CCCCc1nc2c(N)nc3ccc(N4CCN(C)CC4)cc3c2n1CCCCN(C)CCOCCC(=O)OC(C)(C)C. The lowest BCUT2D eigenvalue weighted by atomic mass is 10.1. The number of hydrogen-bond donors (Lipinski definition) is 3. The summed E-state index contributed by atoms with van der Waals surface area (Å²) in [6, 6.07) is 13.2. The van der Waals surface area contributed by atoms with Crippen LogP contribution in [0.1, 0.15) is 110 Å². The van der Waals surface area contributed by atoms with Crippen molar-refractivity contribution in [2.24, 2.45) is 0 Å². The molecule has 6 heterocycles. The van der Waals surface area contributed by atoms with Crippen LogP contribution in [-0.2, 0) is 49.7 Å². The van der Waals surface area contributed by atoms with Gasteiger partial charge in [-0.3, -0.25) is 9.59 Å². The monoisotopic (exact) mass is 1130 g/mol. The number of nitrogen functional groups attached to an aromatic ring is 2. The van der Waals surface area contributed by atoms with Gasteiger partial charge in [0.25, 0.3) is 0 Å². The molecule has 5 N–H and O–H groups in total. The fraction of sp³-hybridized carbons (Fsp3) is 0.645. The first-order valence-electron chi connectivity index (χ1n) is 30.4. The highest BCUT2D eigenvalue weighted by atomic mass is 16.6. The summed E-state index contributed by atoms with van der Waals surface area (Å²) in [5.41, 5.74) is 20.7. The summed E-state index contributed by atoms with van der Waals surface area (Å²) in [5, 5.41) is 11.0. The van der Waals surface area contributed by atoms with Crippen molar-refractivity contribution in [3.05, 3.63) is 48.0 Å². The van der Waals surface area contributed by atoms with Crippen molar-refractivity contribution in [2.75, 3.05) is 154 Å². The number of esters is 1. The van der Waals surface area contributed by atoms with Gasteiger partial charge >= 0.3 is 11.9 Å². The van der Waals surface area contributed by atoms with Gasteiger partial charge in [0.15, 0.2) is 11.6 Å². The molecule has 2 aliphatic heterocycles. The number of aryl methyl sites for hydroxylation is 4. The van der Waals surface area contributed by atoms with Gasteiger partial charge in [-0.15, -0.1) is 0 Å². The molecular weight excluding hydrogens is 1040 g/mol. The van der Waals surface area contributed by atoms with Crippen LogP contribution in [0.15, 0.2) is 36.4 Å². The number of carboxylic acid groups (broad SMARTS) is 1. The molecule has 0 amide bonds. The van der Waals surface area contributed by atoms with Gasteiger partial charge in [0.05, 0.1) is 61.3 Å². The minimum absolute atomic E-state index is 0.0501. The van der Waals surface area contributed by atoms with Crippen molar-refractivity contribution >= 4 is 78.8 Å². The van der Waals surface area contributed by atoms with Gasteiger partial charge in [-0.25, -0.2) is 19.9 Å². The Hall–Kier alpha value is -5.90. The highest BCUT2D eigenvalue weighted by molar-refractivity contribution is 6.08. The molecule has 6 aromatic rings. The zero-order chi connectivity index (χ0) is 58.8. The number of benzene rings is 2. The van der Waals surface area contributed by atoms with Crippen LogP contribution in [0.4, 0.5) is 23.0 Å². The fourth-order valence-electron chi connectivity index (χ4n) is 10.8. The third-order valence-electron chi connectivity index (χ3n) is 15.7. The predicted octanol–water partition coefficient (Wildman–Crippen LogP) is 8.19. The second-order valence-corrected chi connectivity index (χ2v) is 23.7. The lowest BCUT2D eigenvalue weighted by molar-refractivity contribution is -0.156. The molecule has 4 aromatic heterocycles. The number of carboxylic acids is 1. The maximum Gasteiger partial charge on any atom is 0.308 e. The number of imidazole rings is 2. The van der Waals surface area contributed by atoms with Crippen LogP contribution in [0.2, 0.25) is 0 Å². The van der Waals surface area contributed by atoms with Crippen LogP contribution in [0.3, 0.4) is 0 Å². The lowest BCUT2D eigenvalue weighted by Gasteiger charge is -2.34. The van der Waals surface area contributed by atoms with Crippen molar-refractivity contribution in [1.29, 1.82) is 0 Å². The minimum Gasteiger partial charge on any atom is -0.481 e. The van der Waals surface area contributed by atoms with Gasteiger partial charge < -0.3 is 69.3 Å². The average molecular weight is 1140 g/mol. The normalized spacial score (nSPS) is 14.8. The van der Waals surface area contributed by atoms with Crippen molar-refractivity contribution in [2.45, 2.75) is 130 Å². The third kappa shape index (κ3) is 18.3. The first-order chi connectivity index (χ1) is 39.4. The van der Waals surface area contributed by atoms with Crippen LogP contribution in [0, 0.1) is 0 Å². The first-order valence-corrected chi connectivity index (χ1v) is 30.4. The number of nitrogens with zero attached hydrogens (tertiary/aromatic N) is 12. The van der Waals surface area contributed by atoms with E-state index < -0.39 is 11.6 Å². The highest BCUT2D eigenvalue weighted by Crippen LogP contribution is 2.35. The van der Waals surface area contributed by atoms with Gasteiger partial charge in [-0.2, -0.15) is 0 Å². The van der Waals surface area contributed by atoms with E-state index in [0.29, 0.717) is 31.5 Å². The number of carbonyl (C=O) groups excluding carboxylic acids is 1. The zero-order valence-corrected chi connectivity index (χ0v) is 51.2. The number of likely N-dealkylation sites (N-methyl/N-ethyl adjacent to an activating group) is 4. The number of rotatable bonds is 30. The van der Waals surface area contributed by atoms with Crippen LogP contribution in [-0.4, -0.2) is 204 Å². The number of piperazine rings is 2. The van der Waals surface area contributed by atoms with Crippen molar-refractivity contribution in [3.63, 3.8) is 0 Å². The molecule has 2 saturated heterocycles. The smallest absolute Gasteiger partial charge is 0.308 e. The van der Waals surface area contributed by atoms with E-state index in [1.54, 1.807) is 0 Å². The summed E-state index contributed by atoms with van der Waals surface area (Å²) in [7, 11) is 8.57. The number of hydrogen-bond acceptors (Lipinski definition) is 17. The second kappa shape index (κ2) is 31.1. The van der Waals surface area contributed by atoms with Crippen molar-refractivity contribution in [3.8, 4) is 0 Å². The molecule has 2 aliphatic rings. The van der Waals surface area contributed by atoms with E-state index >= 15 is 0 Å². The van der Waals surface area contributed by atoms with Crippen LogP contribution < -0.4 is 21.3 Å². The van der Waals surface area contributed by atoms with E-state index in [-0.39, 0.29) is 25.4 Å². The number of aliphatic carboxylic acids is 1. The maximum atomic E-state index is 11.8. The molecule has 20 nitrogen and oxygen atoms in total. The quantitative estimate of drug-likeness (QED) is 0.0286. The molecule has 0 atom stereocenters. The molecule has 82 heavy (non-hydrogen) atoms. The molecule has 452 valence electrons. The predicted molar refractivity (Wildman–Crippen MR) is 333 cm³/mol. The molecule has 8 rings (SSSR count). The molecule has 0 bridgehead atoms. The van der Waals surface area contributed by atoms with Gasteiger partial charge in [-0.05, 0) is 137 Å². The van der Waals surface area contributed by atoms with Crippen molar-refractivity contribution in [1.82, 2.24) is 48.7 Å². The van der Waals surface area contributed by atoms with E-state index in [1.165, 1.54) is 11.4 Å². The molecule has 2 fully saturated rings. The van der Waals surface area contributed by atoms with E-state index in [2.05, 4.69) is 117 Å². The zero-order valence-electron chi connectivity index (χ0n) is 51.2. The summed E-state index contributed by atoms with van der Waals surface area (Å²) in [4.78, 5) is 56.2. The first kappa shape index (κ1) is 63.7. The topological polar surface area (TPSA) is 215 Å². The highest BCUT2D eigenvalue weighted by Gasteiger charge is 2.23. The summed E-state index contributed by atoms with van der Waals surface area (Å²) in [6.45, 7) is 25.5. The molecule has 0 spiro atoms. The van der Waals surface area contributed by atoms with Crippen LogP contribution in [0.5, 0.6) is 0 Å². The lowest BCUT2D eigenvalue weighted by Crippen LogP contribution is -2.44. The molecule has 20 heteroatoms. The number of nitrogens with two attached hydrogens (primary N) is 2. The largest absolute Gasteiger partial charge is 0.481 e. The number of anilines is 4. The number of ether oxygens (including phenoxy) is 3. The Balaban J connectivity index is 0.000000237. The third-order valence-corrected chi connectivity index (χ3v) is 15.7. The number of fused-ring (bicyclic) bond motifs is 6. The molecular formula is C62H98N14O6. The summed E-state index contributed by atoms with van der Waals surface area (Å²) in [5.74, 6) is 2.18. The fourth-order valence-corrected chi connectivity index (χ4v) is 10.8. The maximum absolute atomic E-state index is 11.8. The van der Waals surface area contributed by atoms with Crippen LogP contribution >= 0.6 is 0 Å². The Bertz CT molecular complexity index is 2980. The van der Waals surface area contributed by atoms with E-state index in [4.69, 9.17) is 50.7 Å². The van der Waals surface area contributed by atoms with Gasteiger partial charge in [0.2, 0.25) is 0 Å². The minimum atomic E-state index is -0.824. The number of aromatic nitrogens is 6. The number of unbranched alkanes of at least 4 members (excludes halogenated alkanes) is 4. The van der Waals surface area contributed by atoms with E-state index in [1.807, 2.05) is 20.8 Å². The Morgan fingerprint density at radius 1 is 0.585 bits per heavy atom. The van der Waals surface area contributed by atoms with E-state index in [9.17, 15) is 9.59 Å². The van der Waals surface area contributed by atoms with E-state index in [0.717, 1.165) is 211 Å². The number of carbonyl (C=O) groups is 2. The van der Waals surface area contributed by atoms with Gasteiger partial charge in [0.1, 0.15) is 28.3 Å². The Morgan fingerprint density at radius 2 is 1.01 bits per heavy atom. The molecule has 2 aromatic carbocycles. The molecule has 0 aliphatic carbocycles.